The fourth-order valence-electron chi connectivity index (χ4n) is 3.21. The number of rotatable bonds is 2. The maximum absolute atomic E-state index is 6.00. The van der Waals surface area contributed by atoms with Gasteiger partial charge in [0.25, 0.3) is 0 Å². The van der Waals surface area contributed by atoms with Crippen molar-refractivity contribution in [3.8, 4) is 0 Å². The highest BCUT2D eigenvalue weighted by molar-refractivity contribution is 5.35. The third-order valence-corrected chi connectivity index (χ3v) is 4.08. The predicted molar refractivity (Wildman–Crippen MR) is 74.1 cm³/mol. The van der Waals surface area contributed by atoms with Crippen LogP contribution in [0.25, 0.3) is 0 Å². The van der Waals surface area contributed by atoms with Crippen molar-refractivity contribution in [2.45, 2.75) is 31.9 Å². The number of hydrogen-bond acceptors (Lipinski definition) is 5. The standard InChI is InChI=1S/C14H22N4O/c1-10-5-6-13(17-16-10)15-12-9-18(2)8-11-4-3-7-19-14(11)12/h5-6,11-12,14H,3-4,7-9H2,1-2H3,(H,15,17)/t11-,12+,14-/m0/s1. The monoisotopic (exact) mass is 262 g/mol. The van der Waals surface area contributed by atoms with Crippen LogP contribution in [-0.4, -0.2) is 54.0 Å². The van der Waals surface area contributed by atoms with E-state index in [2.05, 4.69) is 27.5 Å². The highest BCUT2D eigenvalue weighted by atomic mass is 16.5. The molecule has 2 aliphatic rings. The van der Waals surface area contributed by atoms with Crippen LogP contribution in [0.5, 0.6) is 0 Å². The quantitative estimate of drug-likeness (QED) is 0.871. The number of hydrogen-bond donors (Lipinski definition) is 1. The molecule has 0 amide bonds. The molecule has 1 aromatic heterocycles. The highest BCUT2D eigenvalue weighted by Crippen LogP contribution is 2.29. The maximum atomic E-state index is 6.00. The number of nitrogens with zero attached hydrogens (tertiary/aromatic N) is 3. The Morgan fingerprint density at radius 1 is 1.32 bits per heavy atom. The minimum absolute atomic E-state index is 0.307. The van der Waals surface area contributed by atoms with E-state index in [0.29, 0.717) is 18.1 Å². The summed E-state index contributed by atoms with van der Waals surface area (Å²) >= 11 is 0. The zero-order valence-electron chi connectivity index (χ0n) is 11.7. The zero-order valence-corrected chi connectivity index (χ0v) is 11.7. The summed E-state index contributed by atoms with van der Waals surface area (Å²) in [6, 6.07) is 4.29. The van der Waals surface area contributed by atoms with Gasteiger partial charge in [-0.25, -0.2) is 0 Å². The number of aryl methyl sites for hydroxylation is 1. The van der Waals surface area contributed by atoms with Crippen LogP contribution in [-0.2, 0) is 4.74 Å². The summed E-state index contributed by atoms with van der Waals surface area (Å²) in [7, 11) is 2.18. The lowest BCUT2D eigenvalue weighted by atomic mass is 9.85. The molecule has 0 radical (unpaired) electrons. The number of likely N-dealkylation sites (tertiary alicyclic amines) is 1. The first-order valence-electron chi connectivity index (χ1n) is 7.09. The molecule has 3 rings (SSSR count). The number of piperidine rings is 1. The lowest BCUT2D eigenvalue weighted by Crippen LogP contribution is -2.56. The van der Waals surface area contributed by atoms with E-state index < -0.39 is 0 Å². The van der Waals surface area contributed by atoms with Crippen molar-refractivity contribution in [1.29, 1.82) is 0 Å². The highest BCUT2D eigenvalue weighted by Gasteiger charge is 2.38. The average Bonchev–Trinajstić information content (AvgIpc) is 2.41. The Bertz CT molecular complexity index is 422. The zero-order chi connectivity index (χ0) is 13.2. The summed E-state index contributed by atoms with van der Waals surface area (Å²) < 4.78 is 6.00. The van der Waals surface area contributed by atoms with E-state index in [0.717, 1.165) is 31.2 Å². The van der Waals surface area contributed by atoms with E-state index in [4.69, 9.17) is 4.74 Å². The molecule has 0 spiro atoms. The number of nitrogens with one attached hydrogen (secondary N) is 1. The smallest absolute Gasteiger partial charge is 0.149 e. The van der Waals surface area contributed by atoms with Gasteiger partial charge in [-0.3, -0.25) is 0 Å². The molecule has 0 aromatic carbocycles. The van der Waals surface area contributed by atoms with Crippen molar-refractivity contribution in [3.63, 3.8) is 0 Å². The van der Waals surface area contributed by atoms with E-state index in [1.165, 1.54) is 12.8 Å². The Morgan fingerprint density at radius 2 is 2.21 bits per heavy atom. The molecule has 2 saturated heterocycles. The van der Waals surface area contributed by atoms with Gasteiger partial charge in [-0.1, -0.05) is 0 Å². The molecule has 2 fully saturated rings. The van der Waals surface area contributed by atoms with E-state index in [1.54, 1.807) is 0 Å². The number of fused-ring (bicyclic) bond motifs is 1. The average molecular weight is 262 g/mol. The summed E-state index contributed by atoms with van der Waals surface area (Å²) in [6.07, 6.45) is 2.77. The van der Waals surface area contributed by atoms with Crippen molar-refractivity contribution in [1.82, 2.24) is 15.1 Å². The largest absolute Gasteiger partial charge is 0.376 e. The van der Waals surface area contributed by atoms with Crippen molar-refractivity contribution in [2.75, 3.05) is 32.1 Å². The molecule has 0 saturated carbocycles. The summed E-state index contributed by atoms with van der Waals surface area (Å²) in [6.45, 7) is 4.98. The van der Waals surface area contributed by atoms with Gasteiger partial charge in [0.05, 0.1) is 17.8 Å². The summed E-state index contributed by atoms with van der Waals surface area (Å²) in [5.74, 6) is 1.49. The summed E-state index contributed by atoms with van der Waals surface area (Å²) in [4.78, 5) is 2.38. The van der Waals surface area contributed by atoms with Crippen molar-refractivity contribution < 1.29 is 4.74 Å². The molecule has 0 bridgehead atoms. The van der Waals surface area contributed by atoms with E-state index >= 15 is 0 Å². The molecule has 19 heavy (non-hydrogen) atoms. The Hall–Kier alpha value is -1.20. The molecular weight excluding hydrogens is 240 g/mol. The van der Waals surface area contributed by atoms with Crippen molar-refractivity contribution >= 4 is 5.82 Å². The minimum atomic E-state index is 0.307. The van der Waals surface area contributed by atoms with Gasteiger partial charge in [0.15, 0.2) is 0 Å². The Balaban J connectivity index is 1.72. The second-order valence-electron chi connectivity index (χ2n) is 5.77. The first-order chi connectivity index (χ1) is 9.22. The van der Waals surface area contributed by atoms with Crippen LogP contribution in [0.15, 0.2) is 12.1 Å². The molecular formula is C14H22N4O. The third kappa shape index (κ3) is 2.87. The van der Waals surface area contributed by atoms with Crippen LogP contribution in [0.2, 0.25) is 0 Å². The fourth-order valence-corrected chi connectivity index (χ4v) is 3.21. The van der Waals surface area contributed by atoms with E-state index in [1.807, 2.05) is 19.1 Å². The van der Waals surface area contributed by atoms with Gasteiger partial charge in [0.2, 0.25) is 0 Å². The summed E-state index contributed by atoms with van der Waals surface area (Å²) in [5, 5.41) is 11.8. The molecule has 3 atom stereocenters. The normalized spacial score (nSPS) is 31.8. The van der Waals surface area contributed by atoms with Crippen LogP contribution in [0.4, 0.5) is 5.82 Å². The first kappa shape index (κ1) is 12.8. The number of likely N-dealkylation sites (N-methyl/N-ethyl adjacent to an activating group) is 1. The Morgan fingerprint density at radius 3 is 3.00 bits per heavy atom. The molecule has 0 aliphatic carbocycles. The van der Waals surface area contributed by atoms with Crippen molar-refractivity contribution in [3.05, 3.63) is 17.8 Å². The fraction of sp³-hybridized carbons (Fsp3) is 0.714. The minimum Gasteiger partial charge on any atom is -0.376 e. The van der Waals surface area contributed by atoms with Crippen LogP contribution >= 0.6 is 0 Å². The molecule has 0 unspecified atom stereocenters. The van der Waals surface area contributed by atoms with Gasteiger partial charge in [-0.05, 0) is 44.9 Å². The molecule has 1 N–H and O–H groups in total. The summed E-state index contributed by atoms with van der Waals surface area (Å²) in [5.41, 5.74) is 0.943. The van der Waals surface area contributed by atoms with Crippen LogP contribution in [0.3, 0.4) is 0 Å². The van der Waals surface area contributed by atoms with Gasteiger partial charge in [0, 0.05) is 19.7 Å². The molecule has 104 valence electrons. The van der Waals surface area contributed by atoms with Gasteiger partial charge < -0.3 is 15.0 Å². The Labute approximate surface area is 114 Å². The lowest BCUT2D eigenvalue weighted by molar-refractivity contribution is -0.0690. The van der Waals surface area contributed by atoms with Crippen molar-refractivity contribution in [2.24, 2.45) is 5.92 Å². The molecule has 1 aromatic rings. The topological polar surface area (TPSA) is 50.3 Å². The second-order valence-corrected chi connectivity index (χ2v) is 5.77. The molecule has 5 heteroatoms. The lowest BCUT2D eigenvalue weighted by Gasteiger charge is -2.45. The van der Waals surface area contributed by atoms with Gasteiger partial charge in [-0.2, -0.15) is 5.10 Å². The van der Waals surface area contributed by atoms with E-state index in [-0.39, 0.29) is 0 Å². The number of ether oxygens (including phenoxy) is 1. The first-order valence-corrected chi connectivity index (χ1v) is 7.09. The molecule has 3 heterocycles. The van der Waals surface area contributed by atoms with Crippen LogP contribution in [0.1, 0.15) is 18.5 Å². The third-order valence-electron chi connectivity index (χ3n) is 4.08. The van der Waals surface area contributed by atoms with Crippen LogP contribution in [0, 0.1) is 12.8 Å². The van der Waals surface area contributed by atoms with Gasteiger partial charge in [-0.15, -0.1) is 5.10 Å². The number of aromatic nitrogens is 2. The van der Waals surface area contributed by atoms with E-state index in [9.17, 15) is 0 Å². The molecule has 5 nitrogen and oxygen atoms in total. The SMILES string of the molecule is Cc1ccc(N[C@@H]2CN(C)C[C@@H]3CCCO[C@@H]32)nn1. The maximum Gasteiger partial charge on any atom is 0.149 e. The van der Waals surface area contributed by atoms with Gasteiger partial charge in [0.1, 0.15) is 5.82 Å². The van der Waals surface area contributed by atoms with Crippen LogP contribution < -0.4 is 5.32 Å². The number of anilines is 1. The molecule has 2 aliphatic heterocycles. The Kier molecular flexibility index (Phi) is 3.66. The second kappa shape index (κ2) is 5.43. The van der Waals surface area contributed by atoms with Gasteiger partial charge >= 0.3 is 0 Å². The predicted octanol–water partition coefficient (Wildman–Crippen LogP) is 1.31.